The second-order valence-corrected chi connectivity index (χ2v) is 7.62. The fourth-order valence-electron chi connectivity index (χ4n) is 3.63. The molecule has 2 aromatic rings. The lowest BCUT2D eigenvalue weighted by Gasteiger charge is -2.31. The number of amides is 1. The first-order valence-electron chi connectivity index (χ1n) is 9.88. The van der Waals surface area contributed by atoms with Crippen LogP contribution < -0.4 is 5.56 Å². The molecule has 1 atom stereocenters. The summed E-state index contributed by atoms with van der Waals surface area (Å²) in [6.07, 6.45) is 1.45. The van der Waals surface area contributed by atoms with Crippen LogP contribution in [0.4, 0.5) is 0 Å². The molecule has 7 nitrogen and oxygen atoms in total. The molecular weight excluding hydrogens is 358 g/mol. The minimum Gasteiger partial charge on any atom is -0.466 e. The quantitative estimate of drug-likeness (QED) is 0.739. The van der Waals surface area contributed by atoms with Crippen molar-refractivity contribution in [2.45, 2.75) is 40.2 Å². The maximum Gasteiger partial charge on any atom is 0.310 e. The molecule has 2 heterocycles. The molecule has 150 valence electrons. The number of benzene rings is 1. The number of ether oxygens (including phenoxy) is 1. The van der Waals surface area contributed by atoms with E-state index in [1.807, 2.05) is 13.8 Å². The normalized spacial score (nSPS) is 17.1. The standard InChI is InChI=1S/C21H27N3O4/c1-4-28-21(27)15-8-7-11-23(13-15)20(26)18-16-9-5-6-10-17(16)19(25)24(22-18)12-14(2)3/h5-6,9-10,14-15H,4,7-8,11-13H2,1-3H3/t15-/m1/s1. The first-order valence-corrected chi connectivity index (χ1v) is 9.88. The molecular formula is C21H27N3O4. The summed E-state index contributed by atoms with van der Waals surface area (Å²) in [5, 5.41) is 5.46. The lowest BCUT2D eigenvalue weighted by Crippen LogP contribution is -2.43. The highest BCUT2D eigenvalue weighted by atomic mass is 16.5. The molecule has 0 N–H and O–H groups in total. The Morgan fingerprint density at radius 2 is 1.96 bits per heavy atom. The highest BCUT2D eigenvalue weighted by Gasteiger charge is 2.31. The largest absolute Gasteiger partial charge is 0.466 e. The summed E-state index contributed by atoms with van der Waals surface area (Å²) in [5.41, 5.74) is 0.0734. The number of esters is 1. The predicted molar refractivity (Wildman–Crippen MR) is 106 cm³/mol. The van der Waals surface area contributed by atoms with Gasteiger partial charge in [0.2, 0.25) is 0 Å². The van der Waals surface area contributed by atoms with Crippen LogP contribution in [-0.2, 0) is 16.1 Å². The summed E-state index contributed by atoms with van der Waals surface area (Å²) in [7, 11) is 0. The second kappa shape index (κ2) is 8.54. The zero-order chi connectivity index (χ0) is 20.3. The average Bonchev–Trinajstić information content (AvgIpc) is 2.69. The number of aromatic nitrogens is 2. The molecule has 28 heavy (non-hydrogen) atoms. The number of piperidine rings is 1. The van der Waals surface area contributed by atoms with E-state index in [0.717, 1.165) is 6.42 Å². The SMILES string of the molecule is CCOC(=O)[C@@H]1CCCN(C(=O)c2nn(CC(C)C)c(=O)c3ccccc23)C1. The molecule has 0 unspecified atom stereocenters. The van der Waals surface area contributed by atoms with Gasteiger partial charge in [0, 0.05) is 25.0 Å². The van der Waals surface area contributed by atoms with Crippen molar-refractivity contribution in [3.05, 3.63) is 40.3 Å². The Hall–Kier alpha value is -2.70. The van der Waals surface area contributed by atoms with E-state index in [4.69, 9.17) is 4.74 Å². The molecule has 0 spiro atoms. The lowest BCUT2D eigenvalue weighted by molar-refractivity contribution is -0.149. The topological polar surface area (TPSA) is 81.5 Å². The maximum absolute atomic E-state index is 13.3. The van der Waals surface area contributed by atoms with Crippen molar-refractivity contribution in [3.8, 4) is 0 Å². The fraction of sp³-hybridized carbons (Fsp3) is 0.524. The van der Waals surface area contributed by atoms with E-state index in [2.05, 4.69) is 5.10 Å². The Morgan fingerprint density at radius 1 is 1.25 bits per heavy atom. The number of hydrogen-bond donors (Lipinski definition) is 0. The number of carbonyl (C=O) groups is 2. The van der Waals surface area contributed by atoms with E-state index in [9.17, 15) is 14.4 Å². The van der Waals surface area contributed by atoms with Crippen LogP contribution in [-0.4, -0.2) is 46.3 Å². The van der Waals surface area contributed by atoms with Gasteiger partial charge in [-0.1, -0.05) is 32.0 Å². The minimum atomic E-state index is -0.314. The van der Waals surface area contributed by atoms with E-state index >= 15 is 0 Å². The first-order chi connectivity index (χ1) is 13.4. The minimum absolute atomic E-state index is 0.191. The van der Waals surface area contributed by atoms with E-state index in [0.29, 0.717) is 43.4 Å². The smallest absolute Gasteiger partial charge is 0.310 e. The van der Waals surface area contributed by atoms with Crippen molar-refractivity contribution < 1.29 is 14.3 Å². The van der Waals surface area contributed by atoms with Crippen molar-refractivity contribution in [3.63, 3.8) is 0 Å². The van der Waals surface area contributed by atoms with Crippen molar-refractivity contribution in [2.24, 2.45) is 11.8 Å². The Kier molecular flexibility index (Phi) is 6.11. The Morgan fingerprint density at radius 3 is 2.64 bits per heavy atom. The maximum atomic E-state index is 13.3. The van der Waals surface area contributed by atoms with Gasteiger partial charge in [0.25, 0.3) is 11.5 Å². The van der Waals surface area contributed by atoms with Gasteiger partial charge in [-0.3, -0.25) is 14.4 Å². The number of fused-ring (bicyclic) bond motifs is 1. The van der Waals surface area contributed by atoms with Crippen molar-refractivity contribution in [1.82, 2.24) is 14.7 Å². The number of carbonyl (C=O) groups excluding carboxylic acids is 2. The number of likely N-dealkylation sites (tertiary alicyclic amines) is 1. The molecule has 1 aliphatic heterocycles. The number of nitrogens with zero attached hydrogens (tertiary/aromatic N) is 3. The third-order valence-corrected chi connectivity index (χ3v) is 4.94. The van der Waals surface area contributed by atoms with Gasteiger partial charge < -0.3 is 9.64 Å². The summed E-state index contributed by atoms with van der Waals surface area (Å²) in [4.78, 5) is 39.8. The van der Waals surface area contributed by atoms with E-state index in [1.165, 1.54) is 4.68 Å². The van der Waals surface area contributed by atoms with E-state index in [1.54, 1.807) is 36.1 Å². The van der Waals surface area contributed by atoms with Crippen molar-refractivity contribution >= 4 is 22.6 Å². The monoisotopic (exact) mass is 385 g/mol. The van der Waals surface area contributed by atoms with Gasteiger partial charge in [-0.05, 0) is 31.7 Å². The summed E-state index contributed by atoms with van der Waals surface area (Å²) < 4.78 is 6.51. The summed E-state index contributed by atoms with van der Waals surface area (Å²) in [6, 6.07) is 7.06. The molecule has 3 rings (SSSR count). The molecule has 1 fully saturated rings. The highest BCUT2D eigenvalue weighted by Crippen LogP contribution is 2.22. The molecule has 1 aromatic heterocycles. The van der Waals surface area contributed by atoms with Crippen LogP contribution in [0.1, 0.15) is 44.1 Å². The van der Waals surface area contributed by atoms with Gasteiger partial charge >= 0.3 is 5.97 Å². The number of rotatable bonds is 5. The van der Waals surface area contributed by atoms with Crippen LogP contribution in [0.3, 0.4) is 0 Å². The summed E-state index contributed by atoms with van der Waals surface area (Å²) >= 11 is 0. The molecule has 0 aliphatic carbocycles. The van der Waals surface area contributed by atoms with Gasteiger partial charge in [0.15, 0.2) is 5.69 Å². The zero-order valence-corrected chi connectivity index (χ0v) is 16.7. The van der Waals surface area contributed by atoms with Gasteiger partial charge in [0.1, 0.15) is 0 Å². The number of hydrogen-bond acceptors (Lipinski definition) is 5. The first kappa shape index (κ1) is 20.0. The summed E-state index contributed by atoms with van der Waals surface area (Å²) in [5.74, 6) is -0.603. The Bertz CT molecular complexity index is 935. The van der Waals surface area contributed by atoms with Gasteiger partial charge in [-0.2, -0.15) is 5.10 Å². The van der Waals surface area contributed by atoms with Crippen molar-refractivity contribution in [2.75, 3.05) is 19.7 Å². The molecule has 1 saturated heterocycles. The van der Waals surface area contributed by atoms with Crippen LogP contribution >= 0.6 is 0 Å². The lowest BCUT2D eigenvalue weighted by atomic mass is 9.97. The van der Waals surface area contributed by atoms with Crippen LogP contribution in [0, 0.1) is 11.8 Å². The van der Waals surface area contributed by atoms with Crippen molar-refractivity contribution in [1.29, 1.82) is 0 Å². The Labute approximate surface area is 164 Å². The molecule has 0 radical (unpaired) electrons. The van der Waals surface area contributed by atoms with Gasteiger partial charge in [0.05, 0.1) is 17.9 Å². The fourth-order valence-corrected chi connectivity index (χ4v) is 3.63. The molecule has 0 bridgehead atoms. The van der Waals surface area contributed by atoms with Gasteiger partial charge in [-0.25, -0.2) is 4.68 Å². The third-order valence-electron chi connectivity index (χ3n) is 4.94. The molecule has 1 amide bonds. The Balaban J connectivity index is 1.98. The predicted octanol–water partition coefficient (Wildman–Crippen LogP) is 2.47. The van der Waals surface area contributed by atoms with Crippen LogP contribution in [0.2, 0.25) is 0 Å². The average molecular weight is 385 g/mol. The molecule has 0 saturated carbocycles. The third kappa shape index (κ3) is 4.08. The molecule has 7 heteroatoms. The molecule has 1 aromatic carbocycles. The zero-order valence-electron chi connectivity index (χ0n) is 16.7. The van der Waals surface area contributed by atoms with Crippen LogP contribution in [0.15, 0.2) is 29.1 Å². The molecule has 1 aliphatic rings. The summed E-state index contributed by atoms with van der Waals surface area (Å²) in [6.45, 7) is 7.42. The van der Waals surface area contributed by atoms with E-state index in [-0.39, 0.29) is 35.0 Å². The van der Waals surface area contributed by atoms with Crippen LogP contribution in [0.25, 0.3) is 10.8 Å². The van der Waals surface area contributed by atoms with E-state index < -0.39 is 0 Å². The second-order valence-electron chi connectivity index (χ2n) is 7.62. The van der Waals surface area contributed by atoms with Crippen LogP contribution in [0.5, 0.6) is 0 Å². The van der Waals surface area contributed by atoms with Gasteiger partial charge in [-0.15, -0.1) is 0 Å². The highest BCUT2D eigenvalue weighted by molar-refractivity contribution is 6.04.